The van der Waals surface area contributed by atoms with Crippen molar-refractivity contribution in [1.29, 1.82) is 0 Å². The van der Waals surface area contributed by atoms with Crippen LogP contribution in [0.5, 0.6) is 5.75 Å². The monoisotopic (exact) mass is 264 g/mol. The number of aromatic hydroxyl groups is 1. The minimum atomic E-state index is -1.02. The number of nitrogens with one attached hydrogen (secondary N) is 1. The van der Waals surface area contributed by atoms with Crippen LogP contribution in [0.25, 0.3) is 0 Å². The van der Waals surface area contributed by atoms with Gasteiger partial charge in [0.2, 0.25) is 0 Å². The standard InChI is InChI=1S/C12H12N2O3S/c15-9-3-1-8(2-4-9)5-6-13-12-14-10(7-18-12)11(16)17/h1-4,7,15H,5-6H2,(H,13,14)(H,16,17). The Hall–Kier alpha value is -2.08. The first-order valence-electron chi connectivity index (χ1n) is 5.36. The normalized spacial score (nSPS) is 10.2. The minimum Gasteiger partial charge on any atom is -0.508 e. The van der Waals surface area contributed by atoms with Crippen molar-refractivity contribution < 1.29 is 15.0 Å². The number of hydrogen-bond acceptors (Lipinski definition) is 5. The summed E-state index contributed by atoms with van der Waals surface area (Å²) in [5, 5.41) is 23.0. The first-order valence-corrected chi connectivity index (χ1v) is 6.24. The molecule has 0 fully saturated rings. The van der Waals surface area contributed by atoms with Crippen molar-refractivity contribution >= 4 is 22.4 Å². The fraction of sp³-hybridized carbons (Fsp3) is 0.167. The van der Waals surface area contributed by atoms with E-state index in [1.165, 1.54) is 16.7 Å². The Balaban J connectivity index is 1.84. The number of carboxylic acid groups (broad SMARTS) is 1. The Kier molecular flexibility index (Phi) is 3.78. The maximum Gasteiger partial charge on any atom is 0.355 e. The summed E-state index contributed by atoms with van der Waals surface area (Å²) in [6, 6.07) is 6.98. The predicted molar refractivity (Wildman–Crippen MR) is 69.4 cm³/mol. The van der Waals surface area contributed by atoms with Crippen LogP contribution in [0.4, 0.5) is 5.13 Å². The first kappa shape index (κ1) is 12.4. The molecule has 5 nitrogen and oxygen atoms in total. The molecular weight excluding hydrogens is 252 g/mol. The van der Waals surface area contributed by atoms with Gasteiger partial charge in [0.1, 0.15) is 5.75 Å². The van der Waals surface area contributed by atoms with E-state index < -0.39 is 5.97 Å². The molecule has 0 aliphatic carbocycles. The van der Waals surface area contributed by atoms with Crippen LogP contribution in [0.3, 0.4) is 0 Å². The molecule has 3 N–H and O–H groups in total. The number of rotatable bonds is 5. The van der Waals surface area contributed by atoms with E-state index in [4.69, 9.17) is 10.2 Å². The van der Waals surface area contributed by atoms with E-state index in [0.717, 1.165) is 12.0 Å². The second kappa shape index (κ2) is 5.50. The quantitative estimate of drug-likeness (QED) is 0.771. The Morgan fingerprint density at radius 3 is 2.67 bits per heavy atom. The van der Waals surface area contributed by atoms with Gasteiger partial charge >= 0.3 is 5.97 Å². The molecule has 0 radical (unpaired) electrons. The number of anilines is 1. The lowest BCUT2D eigenvalue weighted by Gasteiger charge is -2.03. The van der Waals surface area contributed by atoms with Crippen molar-refractivity contribution in [3.63, 3.8) is 0 Å². The van der Waals surface area contributed by atoms with Crippen LogP contribution < -0.4 is 5.32 Å². The van der Waals surface area contributed by atoms with E-state index >= 15 is 0 Å². The lowest BCUT2D eigenvalue weighted by molar-refractivity contribution is 0.0691. The molecule has 1 aromatic carbocycles. The highest BCUT2D eigenvalue weighted by Gasteiger charge is 2.07. The third kappa shape index (κ3) is 3.21. The number of hydrogen-bond donors (Lipinski definition) is 3. The number of benzene rings is 1. The Labute approximate surface area is 108 Å². The van der Waals surface area contributed by atoms with Gasteiger partial charge in [0.15, 0.2) is 10.8 Å². The fourth-order valence-electron chi connectivity index (χ4n) is 1.43. The fourth-order valence-corrected chi connectivity index (χ4v) is 2.14. The number of phenolic OH excluding ortho intramolecular Hbond substituents is 1. The smallest absolute Gasteiger partial charge is 0.355 e. The van der Waals surface area contributed by atoms with Crippen molar-refractivity contribution in [2.75, 3.05) is 11.9 Å². The Morgan fingerprint density at radius 2 is 2.06 bits per heavy atom. The van der Waals surface area contributed by atoms with Crippen LogP contribution in [-0.2, 0) is 6.42 Å². The molecule has 1 aromatic heterocycles. The molecule has 0 aliphatic heterocycles. The highest BCUT2D eigenvalue weighted by atomic mass is 32.1. The van der Waals surface area contributed by atoms with Crippen molar-refractivity contribution in [2.24, 2.45) is 0 Å². The molecule has 0 atom stereocenters. The number of thiazole rings is 1. The molecule has 0 bridgehead atoms. The van der Waals surface area contributed by atoms with Gasteiger partial charge in [-0.1, -0.05) is 12.1 Å². The minimum absolute atomic E-state index is 0.0622. The Morgan fingerprint density at radius 1 is 1.33 bits per heavy atom. The molecule has 0 aliphatic rings. The zero-order valence-electron chi connectivity index (χ0n) is 9.46. The summed E-state index contributed by atoms with van der Waals surface area (Å²) in [5.74, 6) is -0.768. The first-order chi connectivity index (χ1) is 8.65. The molecule has 0 saturated carbocycles. The summed E-state index contributed by atoms with van der Waals surface area (Å²) in [6.45, 7) is 0.664. The summed E-state index contributed by atoms with van der Waals surface area (Å²) in [5.41, 5.74) is 1.16. The van der Waals surface area contributed by atoms with Crippen molar-refractivity contribution in [3.8, 4) is 5.75 Å². The van der Waals surface area contributed by atoms with E-state index in [1.54, 1.807) is 12.1 Å². The summed E-state index contributed by atoms with van der Waals surface area (Å²) < 4.78 is 0. The lowest BCUT2D eigenvalue weighted by Crippen LogP contribution is -2.05. The SMILES string of the molecule is O=C(O)c1csc(NCCc2ccc(O)cc2)n1. The van der Waals surface area contributed by atoms with E-state index in [9.17, 15) is 4.79 Å². The maximum atomic E-state index is 10.6. The number of aromatic nitrogens is 1. The van der Waals surface area contributed by atoms with Crippen molar-refractivity contribution in [1.82, 2.24) is 4.98 Å². The van der Waals surface area contributed by atoms with Gasteiger partial charge in [0.05, 0.1) is 0 Å². The van der Waals surface area contributed by atoms with Gasteiger partial charge in [-0.15, -0.1) is 11.3 Å². The van der Waals surface area contributed by atoms with Crippen LogP contribution in [0.15, 0.2) is 29.6 Å². The summed E-state index contributed by atoms with van der Waals surface area (Å²) >= 11 is 1.27. The van der Waals surface area contributed by atoms with Gasteiger partial charge in [-0.3, -0.25) is 0 Å². The molecule has 0 unspecified atom stereocenters. The number of carboxylic acids is 1. The molecule has 0 saturated heterocycles. The number of nitrogens with zero attached hydrogens (tertiary/aromatic N) is 1. The highest BCUT2D eigenvalue weighted by Crippen LogP contribution is 2.15. The second-order valence-electron chi connectivity index (χ2n) is 3.69. The van der Waals surface area contributed by atoms with Crippen LogP contribution >= 0.6 is 11.3 Å². The number of aromatic carboxylic acids is 1. The molecule has 1 heterocycles. The highest BCUT2D eigenvalue weighted by molar-refractivity contribution is 7.13. The summed E-state index contributed by atoms with van der Waals surface area (Å²) in [6.07, 6.45) is 0.780. The molecule has 2 aromatic rings. The molecule has 6 heteroatoms. The average Bonchev–Trinajstić information content (AvgIpc) is 2.81. The predicted octanol–water partition coefficient (Wildman–Crippen LogP) is 2.20. The number of phenols is 1. The summed E-state index contributed by atoms with van der Waals surface area (Å²) in [7, 11) is 0. The number of carbonyl (C=O) groups is 1. The van der Waals surface area contributed by atoms with Crippen LogP contribution in [0.1, 0.15) is 16.1 Å². The van der Waals surface area contributed by atoms with E-state index in [1.807, 2.05) is 12.1 Å². The molecule has 2 rings (SSSR count). The maximum absolute atomic E-state index is 10.6. The third-order valence-electron chi connectivity index (χ3n) is 2.35. The van der Waals surface area contributed by atoms with Gasteiger partial charge in [-0.05, 0) is 24.1 Å². The van der Waals surface area contributed by atoms with Gasteiger partial charge in [0, 0.05) is 11.9 Å². The van der Waals surface area contributed by atoms with E-state index in [0.29, 0.717) is 11.7 Å². The summed E-state index contributed by atoms with van der Waals surface area (Å²) in [4.78, 5) is 14.6. The third-order valence-corrected chi connectivity index (χ3v) is 3.15. The van der Waals surface area contributed by atoms with Crippen LogP contribution in [0, 0.1) is 0 Å². The molecule has 0 amide bonds. The molecule has 18 heavy (non-hydrogen) atoms. The zero-order valence-corrected chi connectivity index (χ0v) is 10.3. The largest absolute Gasteiger partial charge is 0.508 e. The van der Waals surface area contributed by atoms with E-state index in [2.05, 4.69) is 10.3 Å². The molecule has 0 spiro atoms. The van der Waals surface area contributed by atoms with Gasteiger partial charge < -0.3 is 15.5 Å². The van der Waals surface area contributed by atoms with Crippen LogP contribution in [0.2, 0.25) is 0 Å². The zero-order chi connectivity index (χ0) is 13.0. The molecule has 94 valence electrons. The van der Waals surface area contributed by atoms with Gasteiger partial charge in [-0.2, -0.15) is 0 Å². The second-order valence-corrected chi connectivity index (χ2v) is 4.54. The van der Waals surface area contributed by atoms with Gasteiger partial charge in [0.25, 0.3) is 0 Å². The van der Waals surface area contributed by atoms with Crippen LogP contribution in [-0.4, -0.2) is 27.7 Å². The van der Waals surface area contributed by atoms with Gasteiger partial charge in [-0.25, -0.2) is 9.78 Å². The molecular formula is C12H12N2O3S. The van der Waals surface area contributed by atoms with Crippen molar-refractivity contribution in [3.05, 3.63) is 40.9 Å². The van der Waals surface area contributed by atoms with Crippen molar-refractivity contribution in [2.45, 2.75) is 6.42 Å². The van der Waals surface area contributed by atoms with E-state index in [-0.39, 0.29) is 11.4 Å². The Bertz CT molecular complexity index is 537. The topological polar surface area (TPSA) is 82.5 Å². The average molecular weight is 264 g/mol. The lowest BCUT2D eigenvalue weighted by atomic mass is 10.1.